The van der Waals surface area contributed by atoms with E-state index in [1.807, 2.05) is 62.4 Å². The summed E-state index contributed by atoms with van der Waals surface area (Å²) in [4.78, 5) is 12.4. The molecule has 0 aliphatic rings. The minimum atomic E-state index is -3.47. The zero-order chi connectivity index (χ0) is 23.1. The summed E-state index contributed by atoms with van der Waals surface area (Å²) >= 11 is 0. The number of aryl methyl sites for hydroxylation is 2. The van der Waals surface area contributed by atoms with Crippen LogP contribution >= 0.6 is 0 Å². The second kappa shape index (κ2) is 10.3. The van der Waals surface area contributed by atoms with E-state index < -0.39 is 10.0 Å². The van der Waals surface area contributed by atoms with E-state index in [1.54, 1.807) is 24.3 Å². The van der Waals surface area contributed by atoms with Crippen LogP contribution in [0.5, 0.6) is 5.75 Å². The molecule has 0 atom stereocenters. The third-order valence-corrected chi connectivity index (χ3v) is 5.98. The number of carbonyl (C=O) groups excluding carboxylic acids is 1. The van der Waals surface area contributed by atoms with Crippen molar-refractivity contribution in [3.63, 3.8) is 0 Å². The van der Waals surface area contributed by atoms with Crippen molar-refractivity contribution >= 4 is 21.6 Å². The van der Waals surface area contributed by atoms with E-state index in [0.717, 1.165) is 22.4 Å². The van der Waals surface area contributed by atoms with Crippen molar-refractivity contribution in [1.82, 2.24) is 5.32 Å². The fourth-order valence-corrected chi connectivity index (χ4v) is 4.25. The molecule has 0 aliphatic heterocycles. The number of hydrogen-bond acceptors (Lipinski definition) is 4. The number of rotatable bonds is 9. The number of benzene rings is 3. The van der Waals surface area contributed by atoms with Crippen molar-refractivity contribution in [3.8, 4) is 5.75 Å². The van der Waals surface area contributed by atoms with E-state index in [2.05, 4.69) is 5.32 Å². The van der Waals surface area contributed by atoms with Crippen molar-refractivity contribution in [3.05, 3.63) is 95.1 Å². The lowest BCUT2D eigenvalue weighted by Crippen LogP contribution is -2.30. The van der Waals surface area contributed by atoms with Crippen LogP contribution in [0.2, 0.25) is 0 Å². The molecule has 3 aromatic rings. The maximum absolute atomic E-state index is 12.4. The number of sulfonamides is 1. The topological polar surface area (TPSA) is 75.7 Å². The lowest BCUT2D eigenvalue weighted by atomic mass is 10.1. The molecule has 0 aliphatic carbocycles. The van der Waals surface area contributed by atoms with Crippen molar-refractivity contribution in [1.29, 1.82) is 0 Å². The van der Waals surface area contributed by atoms with Crippen molar-refractivity contribution in [2.75, 3.05) is 23.7 Å². The lowest BCUT2D eigenvalue weighted by Gasteiger charge is -2.23. The molecule has 3 aromatic carbocycles. The number of para-hydroxylation sites is 1. The van der Waals surface area contributed by atoms with E-state index >= 15 is 0 Å². The van der Waals surface area contributed by atoms with Crippen LogP contribution in [0.3, 0.4) is 0 Å². The first-order chi connectivity index (χ1) is 15.2. The molecule has 0 saturated heterocycles. The Balaban J connectivity index is 1.61. The zero-order valence-corrected chi connectivity index (χ0v) is 19.4. The molecule has 0 bridgehead atoms. The summed E-state index contributed by atoms with van der Waals surface area (Å²) in [7, 11) is -3.47. The molecule has 0 radical (unpaired) electrons. The summed E-state index contributed by atoms with van der Waals surface area (Å²) in [6, 6.07) is 22.1. The van der Waals surface area contributed by atoms with E-state index in [-0.39, 0.29) is 12.5 Å². The Morgan fingerprint density at radius 3 is 2.16 bits per heavy atom. The van der Waals surface area contributed by atoms with E-state index in [0.29, 0.717) is 24.4 Å². The van der Waals surface area contributed by atoms with Crippen LogP contribution in [0.1, 0.15) is 27.0 Å². The normalized spacial score (nSPS) is 11.1. The molecule has 0 unspecified atom stereocenters. The average molecular weight is 453 g/mol. The molecular weight excluding hydrogens is 424 g/mol. The van der Waals surface area contributed by atoms with Crippen LogP contribution in [-0.2, 0) is 16.6 Å². The summed E-state index contributed by atoms with van der Waals surface area (Å²) in [5.74, 6) is 0.549. The molecule has 168 valence electrons. The van der Waals surface area contributed by atoms with Gasteiger partial charge in [-0.25, -0.2) is 8.42 Å². The second-order valence-electron chi connectivity index (χ2n) is 7.73. The van der Waals surface area contributed by atoms with Gasteiger partial charge in [0.1, 0.15) is 12.4 Å². The molecule has 0 saturated carbocycles. The van der Waals surface area contributed by atoms with E-state index in [9.17, 15) is 13.2 Å². The van der Waals surface area contributed by atoms with Crippen LogP contribution in [-0.4, -0.2) is 33.7 Å². The van der Waals surface area contributed by atoms with Gasteiger partial charge in [0.25, 0.3) is 5.91 Å². The van der Waals surface area contributed by atoms with Crippen LogP contribution in [0.4, 0.5) is 5.69 Å². The number of ether oxygens (including phenoxy) is 1. The van der Waals surface area contributed by atoms with Crippen molar-refractivity contribution in [2.45, 2.75) is 20.4 Å². The number of amides is 1. The Morgan fingerprint density at radius 2 is 1.56 bits per heavy atom. The Bertz CT molecular complexity index is 1140. The Labute approximate surface area is 189 Å². The molecule has 6 nitrogen and oxygen atoms in total. The molecule has 0 aromatic heterocycles. The first-order valence-corrected chi connectivity index (χ1v) is 12.2. The second-order valence-corrected chi connectivity index (χ2v) is 9.64. The predicted octanol–water partition coefficient (Wildman–Crippen LogP) is 4.08. The Morgan fingerprint density at radius 1 is 0.938 bits per heavy atom. The van der Waals surface area contributed by atoms with Crippen LogP contribution in [0.25, 0.3) is 0 Å². The average Bonchev–Trinajstić information content (AvgIpc) is 2.74. The fraction of sp³-hybridized carbons (Fsp3) is 0.240. The van der Waals surface area contributed by atoms with Gasteiger partial charge in [0.15, 0.2) is 0 Å². The van der Waals surface area contributed by atoms with Gasteiger partial charge < -0.3 is 10.1 Å². The molecule has 0 fully saturated rings. The molecular formula is C25H28N2O4S. The summed E-state index contributed by atoms with van der Waals surface area (Å²) in [5, 5.41) is 2.82. The molecule has 0 heterocycles. The van der Waals surface area contributed by atoms with Gasteiger partial charge >= 0.3 is 0 Å². The third-order valence-electron chi connectivity index (χ3n) is 4.84. The largest absolute Gasteiger partial charge is 0.492 e. The van der Waals surface area contributed by atoms with Gasteiger partial charge in [-0.2, -0.15) is 0 Å². The molecule has 7 heteroatoms. The molecule has 1 amide bonds. The summed E-state index contributed by atoms with van der Waals surface area (Å²) in [5.41, 5.74) is 3.92. The third kappa shape index (κ3) is 6.59. The van der Waals surface area contributed by atoms with E-state index in [4.69, 9.17) is 4.74 Å². The maximum atomic E-state index is 12.4. The highest BCUT2D eigenvalue weighted by molar-refractivity contribution is 7.92. The highest BCUT2D eigenvalue weighted by Crippen LogP contribution is 2.23. The van der Waals surface area contributed by atoms with E-state index in [1.165, 1.54) is 10.6 Å². The zero-order valence-electron chi connectivity index (χ0n) is 18.5. The first kappa shape index (κ1) is 23.3. The number of carbonyl (C=O) groups is 1. The van der Waals surface area contributed by atoms with Gasteiger partial charge in [0, 0.05) is 5.56 Å². The summed E-state index contributed by atoms with van der Waals surface area (Å²) in [6.07, 6.45) is 1.20. The maximum Gasteiger partial charge on any atom is 0.251 e. The Kier molecular flexibility index (Phi) is 7.53. The molecule has 0 spiro atoms. The minimum Gasteiger partial charge on any atom is -0.492 e. The first-order valence-electron chi connectivity index (χ1n) is 10.3. The van der Waals surface area contributed by atoms with Crippen molar-refractivity contribution in [2.24, 2.45) is 0 Å². The minimum absolute atomic E-state index is 0.189. The fourth-order valence-electron chi connectivity index (χ4n) is 3.37. The Hall–Kier alpha value is -3.32. The SMILES string of the molecule is Cc1cc(C)cc(N(Cc2ccc(C(=O)NCCOc3ccccc3)cc2)S(C)(=O)=O)c1. The van der Waals surface area contributed by atoms with Gasteiger partial charge in [-0.15, -0.1) is 0 Å². The molecule has 1 N–H and O–H groups in total. The van der Waals surface area contributed by atoms with Gasteiger partial charge in [-0.1, -0.05) is 36.4 Å². The standard InChI is InChI=1S/C25H28N2O4S/c1-19-15-20(2)17-23(16-19)27(32(3,29)30)18-21-9-11-22(12-10-21)25(28)26-13-14-31-24-7-5-4-6-8-24/h4-12,15-17H,13-14,18H2,1-3H3,(H,26,28). The number of hydrogen-bond donors (Lipinski definition) is 1. The van der Waals surface area contributed by atoms with Gasteiger partial charge in [0.2, 0.25) is 10.0 Å². The van der Waals surface area contributed by atoms with Gasteiger partial charge in [-0.3, -0.25) is 9.10 Å². The summed E-state index contributed by atoms with van der Waals surface area (Å²) in [6.45, 7) is 4.82. The monoisotopic (exact) mass is 452 g/mol. The van der Waals surface area contributed by atoms with Crippen LogP contribution < -0.4 is 14.4 Å². The number of anilines is 1. The smallest absolute Gasteiger partial charge is 0.251 e. The number of nitrogens with one attached hydrogen (secondary N) is 1. The quantitative estimate of drug-likeness (QED) is 0.497. The van der Waals surface area contributed by atoms with Gasteiger partial charge in [0.05, 0.1) is 25.0 Å². The highest BCUT2D eigenvalue weighted by atomic mass is 32.2. The molecule has 3 rings (SSSR count). The number of nitrogens with zero attached hydrogens (tertiary/aromatic N) is 1. The molecule has 32 heavy (non-hydrogen) atoms. The highest BCUT2D eigenvalue weighted by Gasteiger charge is 2.18. The van der Waals surface area contributed by atoms with Crippen molar-refractivity contribution < 1.29 is 17.9 Å². The van der Waals surface area contributed by atoms with Gasteiger partial charge in [-0.05, 0) is 66.9 Å². The van der Waals surface area contributed by atoms with Crippen LogP contribution in [0, 0.1) is 13.8 Å². The summed E-state index contributed by atoms with van der Waals surface area (Å²) < 4.78 is 31.8. The lowest BCUT2D eigenvalue weighted by molar-refractivity contribution is 0.0947. The van der Waals surface area contributed by atoms with Crippen LogP contribution in [0.15, 0.2) is 72.8 Å². The predicted molar refractivity (Wildman–Crippen MR) is 128 cm³/mol.